The fourth-order valence-electron chi connectivity index (χ4n) is 3.40. The van der Waals surface area contributed by atoms with Gasteiger partial charge in [-0.3, -0.25) is 4.79 Å². The molecule has 1 unspecified atom stereocenters. The number of carbonyl (C=O) groups excluding carboxylic acids is 2. The van der Waals surface area contributed by atoms with Crippen LogP contribution in [0, 0.1) is 5.41 Å². The van der Waals surface area contributed by atoms with Crippen molar-refractivity contribution in [3.05, 3.63) is 0 Å². The quantitative estimate of drug-likeness (QED) is 0.640. The van der Waals surface area contributed by atoms with Gasteiger partial charge in [0.15, 0.2) is 0 Å². The number of amides is 3. The maximum Gasteiger partial charge on any atom is 0.317 e. The van der Waals surface area contributed by atoms with Crippen LogP contribution in [0.1, 0.15) is 25.7 Å². The van der Waals surface area contributed by atoms with Gasteiger partial charge in [0.2, 0.25) is 5.91 Å². The number of hydrogen-bond donors (Lipinski definition) is 3. The third-order valence-electron chi connectivity index (χ3n) is 4.39. The number of likely N-dealkylation sites (tertiary alicyclic amines) is 1. The normalized spacial score (nSPS) is 34.5. The SMILES string of the molecule is CNC(=O)N1CC(NC2CC2)C[C@@]2(CNC(=O)C2)C1. The van der Waals surface area contributed by atoms with E-state index in [4.69, 9.17) is 0 Å². The second-order valence-electron chi connectivity index (χ2n) is 6.23. The van der Waals surface area contributed by atoms with E-state index in [0.717, 1.165) is 13.0 Å². The monoisotopic (exact) mass is 266 g/mol. The van der Waals surface area contributed by atoms with Gasteiger partial charge in [-0.05, 0) is 19.3 Å². The highest BCUT2D eigenvalue weighted by Gasteiger charge is 2.46. The van der Waals surface area contributed by atoms with Crippen LogP contribution in [0.5, 0.6) is 0 Å². The Bertz CT molecular complexity index is 396. The average molecular weight is 266 g/mol. The number of urea groups is 1. The summed E-state index contributed by atoms with van der Waals surface area (Å²) in [6.07, 6.45) is 4.00. The molecule has 3 amide bonds. The molecule has 2 saturated heterocycles. The van der Waals surface area contributed by atoms with E-state index in [2.05, 4.69) is 16.0 Å². The van der Waals surface area contributed by atoms with Gasteiger partial charge in [-0.15, -0.1) is 0 Å². The van der Waals surface area contributed by atoms with E-state index in [1.165, 1.54) is 12.8 Å². The lowest BCUT2D eigenvalue weighted by atomic mass is 9.77. The van der Waals surface area contributed by atoms with Crippen molar-refractivity contribution in [1.82, 2.24) is 20.9 Å². The third kappa shape index (κ3) is 2.68. The van der Waals surface area contributed by atoms with E-state index in [1.54, 1.807) is 7.05 Å². The van der Waals surface area contributed by atoms with Crippen LogP contribution in [0.3, 0.4) is 0 Å². The van der Waals surface area contributed by atoms with Crippen molar-refractivity contribution in [3.8, 4) is 0 Å². The molecule has 6 heteroatoms. The summed E-state index contributed by atoms with van der Waals surface area (Å²) in [4.78, 5) is 25.3. The van der Waals surface area contributed by atoms with Crippen LogP contribution in [0.4, 0.5) is 4.79 Å². The molecule has 3 N–H and O–H groups in total. The smallest absolute Gasteiger partial charge is 0.317 e. The first-order valence-electron chi connectivity index (χ1n) is 7.10. The standard InChI is InChI=1S/C13H22N4O2/c1-14-12(19)17-6-10(16-9-2-3-9)4-13(8-17)5-11(18)15-7-13/h9-10,16H,2-8H2,1H3,(H,14,19)(H,15,18)/t10?,13-/m1/s1. The highest BCUT2D eigenvalue weighted by Crippen LogP contribution is 2.37. The number of carbonyl (C=O) groups is 2. The molecule has 0 radical (unpaired) electrons. The van der Waals surface area contributed by atoms with E-state index in [-0.39, 0.29) is 17.4 Å². The fourth-order valence-corrected chi connectivity index (χ4v) is 3.40. The molecule has 0 bridgehead atoms. The molecule has 3 rings (SSSR count). The maximum absolute atomic E-state index is 11.9. The molecule has 3 fully saturated rings. The van der Waals surface area contributed by atoms with E-state index in [9.17, 15) is 9.59 Å². The number of nitrogens with one attached hydrogen (secondary N) is 3. The molecule has 3 aliphatic rings. The lowest BCUT2D eigenvalue weighted by Gasteiger charge is -2.43. The summed E-state index contributed by atoms with van der Waals surface area (Å²) in [7, 11) is 1.66. The second-order valence-corrected chi connectivity index (χ2v) is 6.23. The topological polar surface area (TPSA) is 73.5 Å². The number of rotatable bonds is 2. The lowest BCUT2D eigenvalue weighted by Crippen LogP contribution is -2.58. The Balaban J connectivity index is 1.72. The van der Waals surface area contributed by atoms with Crippen molar-refractivity contribution < 1.29 is 9.59 Å². The van der Waals surface area contributed by atoms with E-state index in [1.807, 2.05) is 4.90 Å². The number of hydrogen-bond acceptors (Lipinski definition) is 3. The van der Waals surface area contributed by atoms with Crippen LogP contribution < -0.4 is 16.0 Å². The minimum Gasteiger partial charge on any atom is -0.355 e. The highest BCUT2D eigenvalue weighted by molar-refractivity contribution is 5.80. The molecule has 2 aliphatic heterocycles. The van der Waals surface area contributed by atoms with Crippen molar-refractivity contribution in [2.75, 3.05) is 26.7 Å². The molecule has 0 aromatic carbocycles. The number of nitrogens with zero attached hydrogens (tertiary/aromatic N) is 1. The Morgan fingerprint density at radius 2 is 2.21 bits per heavy atom. The number of piperidine rings is 1. The fraction of sp³-hybridized carbons (Fsp3) is 0.846. The van der Waals surface area contributed by atoms with Gasteiger partial charge in [0, 0.05) is 50.6 Å². The van der Waals surface area contributed by atoms with Crippen LogP contribution in [0.2, 0.25) is 0 Å². The molecule has 106 valence electrons. The molecule has 6 nitrogen and oxygen atoms in total. The zero-order valence-corrected chi connectivity index (χ0v) is 11.4. The Kier molecular flexibility index (Phi) is 3.12. The van der Waals surface area contributed by atoms with Crippen molar-refractivity contribution in [1.29, 1.82) is 0 Å². The van der Waals surface area contributed by atoms with Gasteiger partial charge in [-0.2, -0.15) is 0 Å². The predicted molar refractivity (Wildman–Crippen MR) is 70.7 cm³/mol. The average Bonchev–Trinajstić information content (AvgIpc) is 3.12. The largest absolute Gasteiger partial charge is 0.355 e. The summed E-state index contributed by atoms with van der Waals surface area (Å²) in [5, 5.41) is 9.22. The van der Waals surface area contributed by atoms with Crippen molar-refractivity contribution in [2.45, 2.75) is 37.8 Å². The first-order chi connectivity index (χ1) is 9.10. The van der Waals surface area contributed by atoms with Gasteiger partial charge in [0.25, 0.3) is 0 Å². The molecule has 2 atom stereocenters. The first kappa shape index (κ1) is 12.7. The summed E-state index contributed by atoms with van der Waals surface area (Å²) >= 11 is 0. The Labute approximate surface area is 113 Å². The first-order valence-corrected chi connectivity index (χ1v) is 7.10. The Hall–Kier alpha value is -1.30. The Morgan fingerprint density at radius 1 is 1.42 bits per heavy atom. The molecular weight excluding hydrogens is 244 g/mol. The van der Waals surface area contributed by atoms with Gasteiger partial charge >= 0.3 is 6.03 Å². The zero-order chi connectivity index (χ0) is 13.5. The predicted octanol–water partition coefficient (Wildman–Crippen LogP) is -0.342. The van der Waals surface area contributed by atoms with Gasteiger partial charge in [-0.25, -0.2) is 4.79 Å². The van der Waals surface area contributed by atoms with Crippen LogP contribution in [0.15, 0.2) is 0 Å². The summed E-state index contributed by atoms with van der Waals surface area (Å²) in [6.45, 7) is 2.11. The van der Waals surface area contributed by atoms with E-state index in [0.29, 0.717) is 31.6 Å². The molecule has 0 aromatic rings. The summed E-state index contributed by atoms with van der Waals surface area (Å²) in [5.41, 5.74) is -0.0750. The Morgan fingerprint density at radius 3 is 2.79 bits per heavy atom. The van der Waals surface area contributed by atoms with Gasteiger partial charge in [0.1, 0.15) is 0 Å². The molecule has 0 aromatic heterocycles. The van der Waals surface area contributed by atoms with E-state index >= 15 is 0 Å². The third-order valence-corrected chi connectivity index (χ3v) is 4.39. The molecule has 1 saturated carbocycles. The van der Waals surface area contributed by atoms with Crippen molar-refractivity contribution in [2.24, 2.45) is 5.41 Å². The minimum atomic E-state index is -0.0750. The summed E-state index contributed by atoms with van der Waals surface area (Å²) < 4.78 is 0. The van der Waals surface area contributed by atoms with Gasteiger partial charge < -0.3 is 20.9 Å². The second kappa shape index (κ2) is 4.67. The zero-order valence-electron chi connectivity index (χ0n) is 11.4. The van der Waals surface area contributed by atoms with Crippen LogP contribution in [0.25, 0.3) is 0 Å². The summed E-state index contributed by atoms with van der Waals surface area (Å²) in [5.74, 6) is 0.115. The molecule has 1 aliphatic carbocycles. The van der Waals surface area contributed by atoms with Crippen molar-refractivity contribution >= 4 is 11.9 Å². The molecule has 19 heavy (non-hydrogen) atoms. The van der Waals surface area contributed by atoms with Crippen molar-refractivity contribution in [3.63, 3.8) is 0 Å². The van der Waals surface area contributed by atoms with Gasteiger partial charge in [0.05, 0.1) is 0 Å². The van der Waals surface area contributed by atoms with Crippen LogP contribution in [-0.4, -0.2) is 55.6 Å². The molecular formula is C13H22N4O2. The molecule has 1 spiro atoms. The lowest BCUT2D eigenvalue weighted by molar-refractivity contribution is -0.119. The van der Waals surface area contributed by atoms with Gasteiger partial charge in [-0.1, -0.05) is 0 Å². The highest BCUT2D eigenvalue weighted by atomic mass is 16.2. The maximum atomic E-state index is 11.9. The van der Waals surface area contributed by atoms with Crippen LogP contribution in [-0.2, 0) is 4.79 Å². The minimum absolute atomic E-state index is 0.0407. The molecule has 2 heterocycles. The van der Waals surface area contributed by atoms with Crippen LogP contribution >= 0.6 is 0 Å². The summed E-state index contributed by atoms with van der Waals surface area (Å²) in [6, 6.07) is 0.893. The van der Waals surface area contributed by atoms with E-state index < -0.39 is 0 Å².